The van der Waals surface area contributed by atoms with Gasteiger partial charge in [0, 0.05) is 39.0 Å². The lowest BCUT2D eigenvalue weighted by Gasteiger charge is -2.26. The van der Waals surface area contributed by atoms with Gasteiger partial charge in [0.05, 0.1) is 18.2 Å². The standard InChI is InChI=1S/C14H22N4O2/c19-14(16-8-11-2-5-20-6-3-11)7-13-10-15-9-12-1-4-17-18(12)13/h1,4,11,13,15H,2-3,5-10H2,(H,16,19). The molecule has 1 unspecified atom stereocenters. The lowest BCUT2D eigenvalue weighted by molar-refractivity contribution is -0.122. The smallest absolute Gasteiger partial charge is 0.222 e. The first-order valence-corrected chi connectivity index (χ1v) is 7.40. The van der Waals surface area contributed by atoms with E-state index in [1.54, 1.807) is 6.20 Å². The number of fused-ring (bicyclic) bond motifs is 1. The topological polar surface area (TPSA) is 68.2 Å². The van der Waals surface area contributed by atoms with Crippen molar-refractivity contribution in [3.8, 4) is 0 Å². The Hall–Kier alpha value is -1.40. The fourth-order valence-electron chi connectivity index (χ4n) is 2.92. The number of hydrogen-bond acceptors (Lipinski definition) is 4. The first-order chi connectivity index (χ1) is 9.83. The minimum absolute atomic E-state index is 0.117. The zero-order valence-corrected chi connectivity index (χ0v) is 11.7. The van der Waals surface area contributed by atoms with Gasteiger partial charge >= 0.3 is 0 Å². The summed E-state index contributed by atoms with van der Waals surface area (Å²) < 4.78 is 7.30. The number of carbonyl (C=O) groups is 1. The summed E-state index contributed by atoms with van der Waals surface area (Å²) >= 11 is 0. The first kappa shape index (κ1) is 13.6. The molecule has 0 aliphatic carbocycles. The van der Waals surface area contributed by atoms with Crippen molar-refractivity contribution in [2.45, 2.75) is 31.8 Å². The van der Waals surface area contributed by atoms with E-state index in [9.17, 15) is 4.79 Å². The molecule has 1 amide bonds. The normalized spacial score (nSPS) is 23.3. The van der Waals surface area contributed by atoms with E-state index in [1.165, 1.54) is 0 Å². The molecule has 1 aromatic rings. The third-order valence-corrected chi connectivity index (χ3v) is 4.13. The van der Waals surface area contributed by atoms with E-state index in [-0.39, 0.29) is 11.9 Å². The van der Waals surface area contributed by atoms with Crippen LogP contribution in [0.2, 0.25) is 0 Å². The van der Waals surface area contributed by atoms with Gasteiger partial charge in [-0.25, -0.2) is 0 Å². The van der Waals surface area contributed by atoms with E-state index in [1.807, 2.05) is 10.7 Å². The number of rotatable bonds is 4. The predicted octanol–water partition coefficient (Wildman–Crippen LogP) is 0.460. The number of hydrogen-bond donors (Lipinski definition) is 2. The SMILES string of the molecule is O=C(CC1CNCc2ccnn21)NCC1CCOCC1. The third-order valence-electron chi connectivity index (χ3n) is 4.13. The zero-order valence-electron chi connectivity index (χ0n) is 11.7. The second-order valence-corrected chi connectivity index (χ2v) is 5.62. The fraction of sp³-hybridized carbons (Fsp3) is 0.714. The number of nitrogens with zero attached hydrogens (tertiary/aromatic N) is 2. The van der Waals surface area contributed by atoms with Gasteiger partial charge in [-0.1, -0.05) is 0 Å². The Bertz CT molecular complexity index is 454. The Labute approximate surface area is 118 Å². The van der Waals surface area contributed by atoms with Crippen LogP contribution in [0, 0.1) is 5.92 Å². The quantitative estimate of drug-likeness (QED) is 0.839. The predicted molar refractivity (Wildman–Crippen MR) is 74.1 cm³/mol. The number of aromatic nitrogens is 2. The van der Waals surface area contributed by atoms with Crippen LogP contribution in [-0.2, 0) is 16.1 Å². The highest BCUT2D eigenvalue weighted by atomic mass is 16.5. The van der Waals surface area contributed by atoms with Crippen molar-refractivity contribution in [1.29, 1.82) is 0 Å². The molecule has 0 saturated carbocycles. The molecule has 2 aliphatic heterocycles. The van der Waals surface area contributed by atoms with E-state index in [0.717, 1.165) is 51.4 Å². The van der Waals surface area contributed by atoms with E-state index in [0.29, 0.717) is 12.3 Å². The maximum atomic E-state index is 12.1. The molecule has 1 atom stereocenters. The lowest BCUT2D eigenvalue weighted by atomic mass is 10.0. The average molecular weight is 278 g/mol. The summed E-state index contributed by atoms with van der Waals surface area (Å²) in [6, 6.07) is 2.13. The van der Waals surface area contributed by atoms with Gasteiger partial charge in [-0.3, -0.25) is 9.48 Å². The van der Waals surface area contributed by atoms with Crippen LogP contribution >= 0.6 is 0 Å². The molecule has 0 bridgehead atoms. The fourth-order valence-corrected chi connectivity index (χ4v) is 2.92. The monoisotopic (exact) mass is 278 g/mol. The van der Waals surface area contributed by atoms with Gasteiger partial charge in [0.2, 0.25) is 5.91 Å². The molecule has 1 fully saturated rings. The molecule has 1 aromatic heterocycles. The average Bonchev–Trinajstić information content (AvgIpc) is 2.96. The molecule has 20 heavy (non-hydrogen) atoms. The van der Waals surface area contributed by atoms with Crippen LogP contribution in [0.25, 0.3) is 0 Å². The Kier molecular flexibility index (Phi) is 4.32. The highest BCUT2D eigenvalue weighted by molar-refractivity contribution is 5.76. The van der Waals surface area contributed by atoms with Crippen molar-refractivity contribution in [3.05, 3.63) is 18.0 Å². The van der Waals surface area contributed by atoms with Crippen molar-refractivity contribution >= 4 is 5.91 Å². The molecule has 6 heteroatoms. The second kappa shape index (κ2) is 6.37. The summed E-state index contributed by atoms with van der Waals surface area (Å²) in [5.74, 6) is 0.684. The molecule has 1 saturated heterocycles. The molecule has 3 heterocycles. The lowest BCUT2D eigenvalue weighted by Crippen LogP contribution is -2.38. The van der Waals surface area contributed by atoms with Gasteiger partial charge in [-0.05, 0) is 24.8 Å². The van der Waals surface area contributed by atoms with Crippen molar-refractivity contribution < 1.29 is 9.53 Å². The van der Waals surface area contributed by atoms with E-state index in [4.69, 9.17) is 4.74 Å². The van der Waals surface area contributed by atoms with Crippen molar-refractivity contribution in [1.82, 2.24) is 20.4 Å². The van der Waals surface area contributed by atoms with Gasteiger partial charge in [0.25, 0.3) is 0 Å². The molecule has 0 aromatic carbocycles. The van der Waals surface area contributed by atoms with Gasteiger partial charge in [0.15, 0.2) is 0 Å². The van der Waals surface area contributed by atoms with Crippen LogP contribution in [0.1, 0.15) is 31.0 Å². The Morgan fingerprint density at radius 1 is 1.50 bits per heavy atom. The molecule has 0 radical (unpaired) electrons. The minimum Gasteiger partial charge on any atom is -0.381 e. The molecule has 2 N–H and O–H groups in total. The van der Waals surface area contributed by atoms with Crippen LogP contribution in [0.15, 0.2) is 12.3 Å². The summed E-state index contributed by atoms with van der Waals surface area (Å²) in [6.07, 6.45) is 4.39. The molecular weight excluding hydrogens is 256 g/mol. The van der Waals surface area contributed by atoms with Crippen LogP contribution in [0.4, 0.5) is 0 Å². The molecule has 110 valence electrons. The summed E-state index contributed by atoms with van der Waals surface area (Å²) in [5, 5.41) is 10.7. The summed E-state index contributed by atoms with van der Waals surface area (Å²) in [5.41, 5.74) is 1.15. The van der Waals surface area contributed by atoms with E-state index in [2.05, 4.69) is 15.7 Å². The third kappa shape index (κ3) is 3.19. The second-order valence-electron chi connectivity index (χ2n) is 5.62. The van der Waals surface area contributed by atoms with Crippen LogP contribution < -0.4 is 10.6 Å². The molecular formula is C14H22N4O2. The van der Waals surface area contributed by atoms with E-state index < -0.39 is 0 Å². The Balaban J connectivity index is 1.47. The van der Waals surface area contributed by atoms with Crippen molar-refractivity contribution in [3.63, 3.8) is 0 Å². The number of nitrogens with one attached hydrogen (secondary N) is 2. The Morgan fingerprint density at radius 3 is 3.20 bits per heavy atom. The van der Waals surface area contributed by atoms with Gasteiger partial charge < -0.3 is 15.4 Å². The van der Waals surface area contributed by atoms with Gasteiger partial charge in [-0.15, -0.1) is 0 Å². The van der Waals surface area contributed by atoms with E-state index >= 15 is 0 Å². The molecule has 6 nitrogen and oxygen atoms in total. The highest BCUT2D eigenvalue weighted by Gasteiger charge is 2.23. The largest absolute Gasteiger partial charge is 0.381 e. The van der Waals surface area contributed by atoms with Crippen LogP contribution in [0.3, 0.4) is 0 Å². The first-order valence-electron chi connectivity index (χ1n) is 7.40. The molecule has 3 rings (SSSR count). The zero-order chi connectivity index (χ0) is 13.8. The molecule has 2 aliphatic rings. The number of carbonyl (C=O) groups excluding carboxylic acids is 1. The number of ether oxygens (including phenoxy) is 1. The highest BCUT2D eigenvalue weighted by Crippen LogP contribution is 2.17. The van der Waals surface area contributed by atoms with Crippen LogP contribution in [-0.4, -0.2) is 42.0 Å². The summed E-state index contributed by atoms with van der Waals surface area (Å²) in [7, 11) is 0. The van der Waals surface area contributed by atoms with Crippen molar-refractivity contribution in [2.75, 3.05) is 26.3 Å². The maximum Gasteiger partial charge on any atom is 0.222 e. The Morgan fingerprint density at radius 2 is 2.35 bits per heavy atom. The summed E-state index contributed by atoms with van der Waals surface area (Å²) in [4.78, 5) is 12.1. The maximum absolute atomic E-state index is 12.1. The van der Waals surface area contributed by atoms with Gasteiger partial charge in [-0.2, -0.15) is 5.10 Å². The summed E-state index contributed by atoms with van der Waals surface area (Å²) in [6.45, 7) is 4.06. The minimum atomic E-state index is 0.117. The molecule has 0 spiro atoms. The van der Waals surface area contributed by atoms with Gasteiger partial charge in [0.1, 0.15) is 0 Å². The number of amides is 1. The van der Waals surface area contributed by atoms with Crippen molar-refractivity contribution in [2.24, 2.45) is 5.92 Å². The van der Waals surface area contributed by atoms with Crippen LogP contribution in [0.5, 0.6) is 0 Å².